The van der Waals surface area contributed by atoms with E-state index in [-0.39, 0.29) is 11.9 Å². The molecule has 2 fully saturated rings. The predicted molar refractivity (Wildman–Crippen MR) is 69.8 cm³/mol. The minimum absolute atomic E-state index is 0.0451. The second-order valence-corrected chi connectivity index (χ2v) is 6.29. The fraction of sp³-hybridized carbons (Fsp3) is 0.929. The summed E-state index contributed by atoms with van der Waals surface area (Å²) in [5.41, 5.74) is 0.357. The molecule has 1 saturated carbocycles. The molecule has 0 spiro atoms. The normalized spacial score (nSPS) is 32.4. The first-order chi connectivity index (χ1) is 8.09. The molecular formula is C14H26N2O. The number of carbonyl (C=O) groups is 1. The Morgan fingerprint density at radius 1 is 1.29 bits per heavy atom. The van der Waals surface area contributed by atoms with Crippen molar-refractivity contribution in [1.82, 2.24) is 10.6 Å². The predicted octanol–water partition coefficient (Wildman–Crippen LogP) is 2.21. The van der Waals surface area contributed by atoms with Crippen LogP contribution in [0.25, 0.3) is 0 Å². The molecule has 1 aliphatic carbocycles. The van der Waals surface area contributed by atoms with Crippen LogP contribution >= 0.6 is 0 Å². The van der Waals surface area contributed by atoms with Crippen LogP contribution in [-0.2, 0) is 4.79 Å². The van der Waals surface area contributed by atoms with Crippen molar-refractivity contribution in [2.75, 3.05) is 6.54 Å². The van der Waals surface area contributed by atoms with Crippen LogP contribution < -0.4 is 10.6 Å². The number of hydrogen-bond acceptors (Lipinski definition) is 2. The molecule has 2 unspecified atom stereocenters. The number of carbonyl (C=O) groups excluding carboxylic acids is 1. The zero-order chi connectivity index (χ0) is 12.3. The summed E-state index contributed by atoms with van der Waals surface area (Å²) in [6, 6.07) is 0.533. The summed E-state index contributed by atoms with van der Waals surface area (Å²) in [5, 5.41) is 6.55. The molecule has 2 atom stereocenters. The van der Waals surface area contributed by atoms with Crippen LogP contribution in [0.1, 0.15) is 58.8 Å². The van der Waals surface area contributed by atoms with E-state index in [0.717, 1.165) is 13.0 Å². The van der Waals surface area contributed by atoms with E-state index in [0.29, 0.717) is 11.5 Å². The third-order valence-corrected chi connectivity index (χ3v) is 4.43. The first kappa shape index (κ1) is 12.9. The van der Waals surface area contributed by atoms with Crippen molar-refractivity contribution in [3.63, 3.8) is 0 Å². The van der Waals surface area contributed by atoms with Gasteiger partial charge < -0.3 is 10.6 Å². The lowest BCUT2D eigenvalue weighted by Gasteiger charge is -2.30. The molecule has 0 aromatic rings. The van der Waals surface area contributed by atoms with Gasteiger partial charge in [-0.05, 0) is 44.4 Å². The average Bonchev–Trinajstić information content (AvgIpc) is 2.74. The Hall–Kier alpha value is -0.570. The Balaban J connectivity index is 1.76. The molecular weight excluding hydrogens is 212 g/mol. The van der Waals surface area contributed by atoms with Crippen molar-refractivity contribution in [1.29, 1.82) is 0 Å². The monoisotopic (exact) mass is 238 g/mol. The van der Waals surface area contributed by atoms with Gasteiger partial charge in [-0.3, -0.25) is 4.79 Å². The van der Waals surface area contributed by atoms with Crippen molar-refractivity contribution in [2.45, 2.75) is 70.9 Å². The Morgan fingerprint density at radius 2 is 2.00 bits per heavy atom. The SMILES string of the molecule is CC1CCCC(C(=O)NCC2(C)CCCC2)N1. The largest absolute Gasteiger partial charge is 0.354 e. The van der Waals surface area contributed by atoms with Crippen LogP contribution in [-0.4, -0.2) is 24.5 Å². The smallest absolute Gasteiger partial charge is 0.237 e. The fourth-order valence-electron chi connectivity index (χ4n) is 3.17. The molecule has 1 amide bonds. The van der Waals surface area contributed by atoms with Gasteiger partial charge in [0.15, 0.2) is 0 Å². The molecule has 0 aromatic heterocycles. The first-order valence-electron chi connectivity index (χ1n) is 7.13. The maximum absolute atomic E-state index is 12.1. The summed E-state index contributed by atoms with van der Waals surface area (Å²) in [4.78, 5) is 12.1. The van der Waals surface area contributed by atoms with E-state index in [1.165, 1.54) is 38.5 Å². The van der Waals surface area contributed by atoms with Crippen LogP contribution in [0.2, 0.25) is 0 Å². The van der Waals surface area contributed by atoms with Crippen LogP contribution in [0, 0.1) is 5.41 Å². The summed E-state index contributed by atoms with van der Waals surface area (Å²) in [6.45, 7) is 5.33. The van der Waals surface area contributed by atoms with E-state index < -0.39 is 0 Å². The molecule has 2 N–H and O–H groups in total. The van der Waals surface area contributed by atoms with Gasteiger partial charge in [-0.15, -0.1) is 0 Å². The molecule has 0 aromatic carbocycles. The molecule has 2 aliphatic rings. The molecule has 1 aliphatic heterocycles. The van der Waals surface area contributed by atoms with Gasteiger partial charge in [0, 0.05) is 12.6 Å². The quantitative estimate of drug-likeness (QED) is 0.791. The van der Waals surface area contributed by atoms with Gasteiger partial charge in [0.25, 0.3) is 0 Å². The summed E-state index contributed by atoms with van der Waals surface area (Å²) < 4.78 is 0. The van der Waals surface area contributed by atoms with E-state index >= 15 is 0 Å². The number of piperidine rings is 1. The molecule has 2 rings (SSSR count). The van der Waals surface area contributed by atoms with Crippen molar-refractivity contribution in [3.8, 4) is 0 Å². The molecule has 98 valence electrons. The molecule has 3 heteroatoms. The number of hydrogen-bond donors (Lipinski definition) is 2. The average molecular weight is 238 g/mol. The number of rotatable bonds is 3. The Labute approximate surface area is 105 Å². The minimum Gasteiger partial charge on any atom is -0.354 e. The zero-order valence-electron chi connectivity index (χ0n) is 11.2. The lowest BCUT2D eigenvalue weighted by molar-refractivity contribution is -0.124. The zero-order valence-corrected chi connectivity index (χ0v) is 11.2. The highest BCUT2D eigenvalue weighted by Gasteiger charge is 2.30. The fourth-order valence-corrected chi connectivity index (χ4v) is 3.17. The van der Waals surface area contributed by atoms with Crippen molar-refractivity contribution >= 4 is 5.91 Å². The minimum atomic E-state index is 0.0451. The summed E-state index contributed by atoms with van der Waals surface area (Å²) in [7, 11) is 0. The van der Waals surface area contributed by atoms with E-state index in [9.17, 15) is 4.79 Å². The van der Waals surface area contributed by atoms with E-state index in [1.54, 1.807) is 0 Å². The molecule has 0 bridgehead atoms. The topological polar surface area (TPSA) is 41.1 Å². The van der Waals surface area contributed by atoms with Crippen LogP contribution in [0.3, 0.4) is 0 Å². The standard InChI is InChI=1S/C14H26N2O/c1-11-6-5-7-12(16-11)13(17)15-10-14(2)8-3-4-9-14/h11-12,16H,3-10H2,1-2H3,(H,15,17). The number of nitrogens with one attached hydrogen (secondary N) is 2. The Kier molecular flexibility index (Phi) is 4.08. The molecule has 1 heterocycles. The molecule has 0 radical (unpaired) electrons. The van der Waals surface area contributed by atoms with Crippen LogP contribution in [0.5, 0.6) is 0 Å². The highest BCUT2D eigenvalue weighted by atomic mass is 16.2. The lowest BCUT2D eigenvalue weighted by atomic mass is 9.88. The van der Waals surface area contributed by atoms with Gasteiger partial charge in [0.05, 0.1) is 6.04 Å². The van der Waals surface area contributed by atoms with Crippen molar-refractivity contribution in [2.24, 2.45) is 5.41 Å². The third kappa shape index (κ3) is 3.44. The first-order valence-corrected chi connectivity index (χ1v) is 7.13. The van der Waals surface area contributed by atoms with Crippen LogP contribution in [0.15, 0.2) is 0 Å². The molecule has 3 nitrogen and oxygen atoms in total. The van der Waals surface area contributed by atoms with Gasteiger partial charge in [-0.2, -0.15) is 0 Å². The summed E-state index contributed by atoms with van der Waals surface area (Å²) >= 11 is 0. The number of amides is 1. The van der Waals surface area contributed by atoms with Crippen molar-refractivity contribution in [3.05, 3.63) is 0 Å². The maximum atomic E-state index is 12.1. The highest BCUT2D eigenvalue weighted by molar-refractivity contribution is 5.81. The van der Waals surface area contributed by atoms with Gasteiger partial charge in [-0.1, -0.05) is 19.8 Å². The van der Waals surface area contributed by atoms with Gasteiger partial charge in [0.1, 0.15) is 0 Å². The van der Waals surface area contributed by atoms with Gasteiger partial charge in [-0.25, -0.2) is 0 Å². The summed E-state index contributed by atoms with van der Waals surface area (Å²) in [5.74, 6) is 0.213. The van der Waals surface area contributed by atoms with Crippen molar-refractivity contribution < 1.29 is 4.79 Å². The van der Waals surface area contributed by atoms with E-state index in [4.69, 9.17) is 0 Å². The lowest BCUT2D eigenvalue weighted by Crippen LogP contribution is -2.51. The van der Waals surface area contributed by atoms with E-state index in [1.807, 2.05) is 0 Å². The van der Waals surface area contributed by atoms with E-state index in [2.05, 4.69) is 24.5 Å². The Morgan fingerprint density at radius 3 is 2.65 bits per heavy atom. The maximum Gasteiger partial charge on any atom is 0.237 e. The Bertz CT molecular complexity index is 271. The van der Waals surface area contributed by atoms with Gasteiger partial charge in [0.2, 0.25) is 5.91 Å². The highest BCUT2D eigenvalue weighted by Crippen LogP contribution is 2.36. The molecule has 17 heavy (non-hydrogen) atoms. The van der Waals surface area contributed by atoms with Crippen LogP contribution in [0.4, 0.5) is 0 Å². The second-order valence-electron chi connectivity index (χ2n) is 6.29. The summed E-state index contributed by atoms with van der Waals surface area (Å²) in [6.07, 6.45) is 8.54. The second kappa shape index (κ2) is 5.38. The van der Waals surface area contributed by atoms with Gasteiger partial charge >= 0.3 is 0 Å². The molecule has 1 saturated heterocycles. The third-order valence-electron chi connectivity index (χ3n) is 4.43.